The van der Waals surface area contributed by atoms with Crippen molar-refractivity contribution in [2.75, 3.05) is 0 Å². The van der Waals surface area contributed by atoms with Crippen molar-refractivity contribution in [2.45, 2.75) is 0 Å². The molecular weight excluding hydrogens is 245 g/mol. The predicted octanol–water partition coefficient (Wildman–Crippen LogP) is 2.70. The van der Waals surface area contributed by atoms with Gasteiger partial charge in [0.15, 0.2) is 0 Å². The van der Waals surface area contributed by atoms with E-state index in [0.29, 0.717) is 5.02 Å². The molecule has 0 unspecified atom stereocenters. The number of aromatic carboxylic acids is 1. The van der Waals surface area contributed by atoms with E-state index >= 15 is 0 Å². The van der Waals surface area contributed by atoms with E-state index in [1.807, 2.05) is 0 Å². The van der Waals surface area contributed by atoms with Gasteiger partial charge in [0.1, 0.15) is 0 Å². The van der Waals surface area contributed by atoms with Crippen LogP contribution in [-0.4, -0.2) is 40.6 Å². The van der Waals surface area contributed by atoms with Crippen molar-refractivity contribution in [3.63, 3.8) is 0 Å². The molecule has 0 aliphatic rings. The molecule has 0 spiro atoms. The number of hydrogen-bond acceptors (Lipinski definition) is 1. The predicted molar refractivity (Wildman–Crippen MR) is 55.6 cm³/mol. The molecule has 0 radical (unpaired) electrons. The van der Waals surface area contributed by atoms with E-state index in [1.54, 1.807) is 0 Å². The van der Waals surface area contributed by atoms with Gasteiger partial charge in [-0.15, -0.1) is 0 Å². The van der Waals surface area contributed by atoms with Crippen molar-refractivity contribution in [1.82, 2.24) is 0 Å². The summed E-state index contributed by atoms with van der Waals surface area (Å²) in [6.07, 6.45) is 0. The zero-order valence-electron chi connectivity index (χ0n) is 5.64. The molecule has 0 bridgehead atoms. The minimum absolute atomic E-state index is 0. The Morgan fingerprint density at radius 2 is 1.54 bits per heavy atom. The van der Waals surface area contributed by atoms with Gasteiger partial charge in [-0.3, -0.25) is 0 Å². The quantitative estimate of drug-likeness (QED) is 0.777. The van der Waals surface area contributed by atoms with Crippen molar-refractivity contribution in [3.05, 3.63) is 32.8 Å². The van der Waals surface area contributed by atoms with Crippen molar-refractivity contribution in [2.24, 2.45) is 0 Å². The Balaban J connectivity index is 0.00000144. The molecule has 0 fully saturated rings. The number of halogens is 3. The number of hydrogen-bond donors (Lipinski definition) is 1. The number of rotatable bonds is 1. The molecule has 1 aromatic rings. The first-order chi connectivity index (χ1) is 5.52. The topological polar surface area (TPSA) is 37.3 Å². The maximum absolute atomic E-state index is 10.5. The summed E-state index contributed by atoms with van der Waals surface area (Å²) in [5, 5.41) is 9.02. The molecule has 1 aromatic carbocycles. The van der Waals surface area contributed by atoms with Gasteiger partial charge in [0.2, 0.25) is 0 Å². The zero-order chi connectivity index (χ0) is 9.30. The number of benzene rings is 1. The van der Waals surface area contributed by atoms with Gasteiger partial charge in [-0.1, -0.05) is 34.8 Å². The van der Waals surface area contributed by atoms with Crippen LogP contribution < -0.4 is 0 Å². The van der Waals surface area contributed by atoms with E-state index < -0.39 is 5.97 Å². The van der Waals surface area contributed by atoms with Crippen LogP contribution in [0.15, 0.2) is 12.1 Å². The Labute approximate surface area is 112 Å². The molecular formula is C7H4Cl3NaO2. The second-order valence-electron chi connectivity index (χ2n) is 2.05. The van der Waals surface area contributed by atoms with Crippen molar-refractivity contribution >= 4 is 70.3 Å². The Kier molecular flexibility index (Phi) is 5.68. The third-order valence-electron chi connectivity index (χ3n) is 1.22. The summed E-state index contributed by atoms with van der Waals surface area (Å²) in [6, 6.07) is 2.66. The molecule has 0 heterocycles. The third kappa shape index (κ3) is 3.31. The van der Waals surface area contributed by atoms with Gasteiger partial charge >= 0.3 is 35.5 Å². The van der Waals surface area contributed by atoms with Crippen molar-refractivity contribution in [1.29, 1.82) is 0 Å². The third-order valence-corrected chi connectivity index (χ3v) is 2.04. The van der Waals surface area contributed by atoms with Crippen LogP contribution in [-0.2, 0) is 0 Å². The summed E-state index contributed by atoms with van der Waals surface area (Å²) >= 11 is 16.7. The first-order valence-electron chi connectivity index (χ1n) is 2.90. The molecule has 1 N–H and O–H groups in total. The van der Waals surface area contributed by atoms with Crippen LogP contribution in [0.4, 0.5) is 0 Å². The van der Waals surface area contributed by atoms with Crippen LogP contribution in [0.2, 0.25) is 15.1 Å². The van der Waals surface area contributed by atoms with E-state index in [0.717, 1.165) is 0 Å². The molecule has 0 aliphatic heterocycles. The SMILES string of the molecule is O=C(O)c1c(Cl)cc(Cl)cc1Cl.[NaH]. The fourth-order valence-corrected chi connectivity index (χ4v) is 1.73. The first kappa shape index (κ1) is 13.6. The fourth-order valence-electron chi connectivity index (χ4n) is 0.747. The summed E-state index contributed by atoms with van der Waals surface area (Å²) in [4.78, 5) is 10.5. The van der Waals surface area contributed by atoms with Gasteiger partial charge in [-0.25, -0.2) is 4.79 Å². The first-order valence-corrected chi connectivity index (χ1v) is 4.03. The molecule has 13 heavy (non-hydrogen) atoms. The molecule has 0 aliphatic carbocycles. The van der Waals surface area contributed by atoms with E-state index in [4.69, 9.17) is 39.9 Å². The fraction of sp³-hybridized carbons (Fsp3) is 0. The Morgan fingerprint density at radius 1 is 1.15 bits per heavy atom. The number of carboxylic acids is 1. The van der Waals surface area contributed by atoms with Gasteiger partial charge < -0.3 is 5.11 Å². The van der Waals surface area contributed by atoms with E-state index in [1.165, 1.54) is 12.1 Å². The molecule has 0 saturated heterocycles. The minimum atomic E-state index is -1.17. The molecule has 0 aromatic heterocycles. The van der Waals surface area contributed by atoms with Crippen LogP contribution in [0.5, 0.6) is 0 Å². The van der Waals surface area contributed by atoms with Crippen LogP contribution in [0.3, 0.4) is 0 Å². The summed E-state index contributed by atoms with van der Waals surface area (Å²) in [5.74, 6) is -1.17. The summed E-state index contributed by atoms with van der Waals surface area (Å²) < 4.78 is 0. The maximum atomic E-state index is 10.5. The van der Waals surface area contributed by atoms with E-state index in [9.17, 15) is 4.79 Å². The Hall–Kier alpha value is 0.560. The molecule has 1 rings (SSSR count). The van der Waals surface area contributed by atoms with Gasteiger partial charge in [-0.05, 0) is 12.1 Å². The molecule has 66 valence electrons. The summed E-state index contributed by atoms with van der Waals surface area (Å²) in [6.45, 7) is 0. The normalized spacial score (nSPS) is 9.15. The molecule has 2 nitrogen and oxygen atoms in total. The van der Waals surface area contributed by atoms with Gasteiger partial charge in [-0.2, -0.15) is 0 Å². The van der Waals surface area contributed by atoms with Gasteiger partial charge in [0, 0.05) is 5.02 Å². The Morgan fingerprint density at radius 3 is 1.85 bits per heavy atom. The summed E-state index contributed by atoms with van der Waals surface area (Å²) in [5.41, 5.74) is -0.122. The van der Waals surface area contributed by atoms with E-state index in [-0.39, 0.29) is 45.2 Å². The zero-order valence-corrected chi connectivity index (χ0v) is 7.91. The Bertz CT molecular complexity index is 318. The molecule has 0 atom stereocenters. The van der Waals surface area contributed by atoms with Gasteiger partial charge in [0.05, 0.1) is 15.6 Å². The number of carbonyl (C=O) groups is 1. The van der Waals surface area contributed by atoms with Crippen molar-refractivity contribution < 1.29 is 9.90 Å². The van der Waals surface area contributed by atoms with Crippen LogP contribution in [0.25, 0.3) is 0 Å². The average molecular weight is 249 g/mol. The monoisotopic (exact) mass is 248 g/mol. The van der Waals surface area contributed by atoms with E-state index in [2.05, 4.69) is 0 Å². The molecule has 0 saturated carbocycles. The number of carboxylic acid groups (broad SMARTS) is 1. The molecule has 6 heteroatoms. The van der Waals surface area contributed by atoms with Crippen LogP contribution >= 0.6 is 34.8 Å². The van der Waals surface area contributed by atoms with Gasteiger partial charge in [0.25, 0.3) is 0 Å². The van der Waals surface area contributed by atoms with Crippen molar-refractivity contribution in [3.8, 4) is 0 Å². The van der Waals surface area contributed by atoms with Crippen LogP contribution in [0.1, 0.15) is 10.4 Å². The average Bonchev–Trinajstić information content (AvgIpc) is 1.82. The standard InChI is InChI=1S/C7H3Cl3O2.Na.H/c8-3-1-4(9)6(7(11)12)5(10)2-3;;/h1-2H,(H,11,12);;. The molecule has 0 amide bonds. The van der Waals surface area contributed by atoms with Crippen LogP contribution in [0, 0.1) is 0 Å². The second-order valence-corrected chi connectivity index (χ2v) is 3.30. The second kappa shape index (κ2) is 5.44. The summed E-state index contributed by atoms with van der Waals surface area (Å²) in [7, 11) is 0.